The zero-order valence-electron chi connectivity index (χ0n) is 9.96. The fourth-order valence-electron chi connectivity index (χ4n) is 2.16. The summed E-state index contributed by atoms with van der Waals surface area (Å²) >= 11 is 1.40. The van der Waals surface area contributed by atoms with E-state index in [4.69, 9.17) is 5.73 Å². The molecule has 1 unspecified atom stereocenters. The summed E-state index contributed by atoms with van der Waals surface area (Å²) in [5.41, 5.74) is 5.14. The molecule has 2 heterocycles. The number of hydrogen-bond acceptors (Lipinski definition) is 5. The summed E-state index contributed by atoms with van der Waals surface area (Å²) in [7, 11) is 0. The largest absolute Gasteiger partial charge is 0.369 e. The number of anilines is 1. The molecule has 1 aliphatic heterocycles. The Morgan fingerprint density at radius 2 is 2.44 bits per heavy atom. The average molecular weight is 268 g/mol. The maximum atomic E-state index is 11.7. The fourth-order valence-corrected chi connectivity index (χ4v) is 2.71. The van der Waals surface area contributed by atoms with Gasteiger partial charge in [-0.05, 0) is 18.9 Å². The molecule has 0 radical (unpaired) electrons. The van der Waals surface area contributed by atoms with Gasteiger partial charge in [0.2, 0.25) is 11.8 Å². The van der Waals surface area contributed by atoms with Crippen molar-refractivity contribution < 1.29 is 9.59 Å². The van der Waals surface area contributed by atoms with E-state index in [9.17, 15) is 9.59 Å². The molecule has 1 aliphatic rings. The summed E-state index contributed by atoms with van der Waals surface area (Å²) in [5.74, 6) is -0.0388. The second-order valence-corrected chi connectivity index (χ2v) is 5.34. The van der Waals surface area contributed by atoms with Crippen molar-refractivity contribution in [3.63, 3.8) is 0 Å². The van der Waals surface area contributed by atoms with Crippen molar-refractivity contribution in [2.24, 2.45) is 11.7 Å². The van der Waals surface area contributed by atoms with E-state index in [0.29, 0.717) is 17.5 Å². The summed E-state index contributed by atoms with van der Waals surface area (Å²) in [6.45, 7) is 1.87. The third-order valence-corrected chi connectivity index (χ3v) is 3.59. The second-order valence-electron chi connectivity index (χ2n) is 4.45. The van der Waals surface area contributed by atoms with E-state index in [0.717, 1.165) is 19.5 Å². The highest BCUT2D eigenvalue weighted by molar-refractivity contribution is 7.13. The maximum Gasteiger partial charge on any atom is 0.231 e. The first-order valence-corrected chi connectivity index (χ1v) is 6.71. The zero-order valence-corrected chi connectivity index (χ0v) is 10.8. The van der Waals surface area contributed by atoms with E-state index in [2.05, 4.69) is 10.3 Å². The molecule has 0 bridgehead atoms. The summed E-state index contributed by atoms with van der Waals surface area (Å²) in [5, 5.41) is 5.21. The van der Waals surface area contributed by atoms with Gasteiger partial charge in [-0.2, -0.15) is 0 Å². The van der Waals surface area contributed by atoms with Crippen molar-refractivity contribution in [1.29, 1.82) is 0 Å². The lowest BCUT2D eigenvalue weighted by Gasteiger charge is -2.13. The van der Waals surface area contributed by atoms with Crippen molar-refractivity contribution >= 4 is 28.3 Å². The molecule has 0 aromatic carbocycles. The smallest absolute Gasteiger partial charge is 0.231 e. The summed E-state index contributed by atoms with van der Waals surface area (Å²) in [4.78, 5) is 28.5. The maximum absolute atomic E-state index is 11.7. The normalized spacial score (nSPS) is 19.9. The van der Waals surface area contributed by atoms with Crippen LogP contribution in [0, 0.1) is 5.92 Å². The lowest BCUT2D eigenvalue weighted by Crippen LogP contribution is -2.32. The molecule has 0 aliphatic carbocycles. The summed E-state index contributed by atoms with van der Waals surface area (Å²) in [6, 6.07) is 0. The second kappa shape index (κ2) is 5.92. The number of likely N-dealkylation sites (tertiary alicyclic amines) is 1. The lowest BCUT2D eigenvalue weighted by atomic mass is 10.0. The highest BCUT2D eigenvalue weighted by Gasteiger charge is 2.25. The SMILES string of the molecule is NC(=O)CN1CCC(CC(=O)Nc2nccs2)C1. The number of carbonyl (C=O) groups is 2. The van der Waals surface area contributed by atoms with Crippen LogP contribution in [0.15, 0.2) is 11.6 Å². The van der Waals surface area contributed by atoms with Crippen molar-refractivity contribution in [1.82, 2.24) is 9.88 Å². The van der Waals surface area contributed by atoms with Crippen LogP contribution in [0.4, 0.5) is 5.13 Å². The van der Waals surface area contributed by atoms with Crippen LogP contribution < -0.4 is 11.1 Å². The van der Waals surface area contributed by atoms with Crippen LogP contribution in [0.25, 0.3) is 0 Å². The van der Waals surface area contributed by atoms with Gasteiger partial charge < -0.3 is 11.1 Å². The minimum absolute atomic E-state index is 0.0177. The van der Waals surface area contributed by atoms with Gasteiger partial charge in [0.15, 0.2) is 5.13 Å². The molecule has 0 saturated carbocycles. The van der Waals surface area contributed by atoms with Gasteiger partial charge in [-0.15, -0.1) is 11.3 Å². The Hall–Kier alpha value is -1.47. The fraction of sp³-hybridized carbons (Fsp3) is 0.545. The molecular weight excluding hydrogens is 252 g/mol. The van der Waals surface area contributed by atoms with Gasteiger partial charge in [0.05, 0.1) is 6.54 Å². The van der Waals surface area contributed by atoms with Crippen LogP contribution in [-0.2, 0) is 9.59 Å². The predicted octanol–water partition coefficient (Wildman–Crippen LogP) is 0.279. The molecule has 6 nitrogen and oxygen atoms in total. The molecule has 98 valence electrons. The quantitative estimate of drug-likeness (QED) is 0.802. The van der Waals surface area contributed by atoms with Crippen molar-refractivity contribution in [2.45, 2.75) is 12.8 Å². The molecular formula is C11H16N4O2S. The van der Waals surface area contributed by atoms with E-state index in [1.54, 1.807) is 6.20 Å². The molecule has 0 spiro atoms. The molecule has 2 amide bonds. The summed E-state index contributed by atoms with van der Waals surface area (Å²) in [6.07, 6.45) is 3.05. The topological polar surface area (TPSA) is 88.3 Å². The Bertz CT molecular complexity index is 421. The molecule has 18 heavy (non-hydrogen) atoms. The van der Waals surface area contributed by atoms with Gasteiger partial charge in [-0.25, -0.2) is 4.98 Å². The van der Waals surface area contributed by atoms with Crippen molar-refractivity contribution in [3.05, 3.63) is 11.6 Å². The molecule has 1 aromatic rings. The Kier molecular flexibility index (Phi) is 4.27. The van der Waals surface area contributed by atoms with E-state index >= 15 is 0 Å². The Morgan fingerprint density at radius 1 is 1.61 bits per heavy atom. The van der Waals surface area contributed by atoms with E-state index in [-0.39, 0.29) is 18.4 Å². The third kappa shape index (κ3) is 3.78. The number of hydrogen-bond donors (Lipinski definition) is 2. The first kappa shape index (κ1) is 13.0. The Balaban J connectivity index is 1.74. The summed E-state index contributed by atoms with van der Waals surface area (Å²) < 4.78 is 0. The van der Waals surface area contributed by atoms with E-state index in [1.165, 1.54) is 11.3 Å². The number of nitrogens with two attached hydrogens (primary N) is 1. The van der Waals surface area contributed by atoms with E-state index < -0.39 is 0 Å². The number of nitrogens with one attached hydrogen (secondary N) is 1. The number of primary amides is 1. The van der Waals surface area contributed by atoms with Crippen LogP contribution in [-0.4, -0.2) is 41.3 Å². The zero-order chi connectivity index (χ0) is 13.0. The first-order valence-electron chi connectivity index (χ1n) is 5.83. The molecule has 3 N–H and O–H groups in total. The minimum atomic E-state index is -0.317. The molecule has 1 saturated heterocycles. The molecule has 7 heteroatoms. The first-order chi connectivity index (χ1) is 8.63. The van der Waals surface area contributed by atoms with Crippen LogP contribution in [0.2, 0.25) is 0 Å². The molecule has 1 aromatic heterocycles. The average Bonchev–Trinajstić information content (AvgIpc) is 2.89. The molecule has 2 rings (SSSR count). The number of rotatable bonds is 5. The Morgan fingerprint density at radius 3 is 3.11 bits per heavy atom. The van der Waals surface area contributed by atoms with Gasteiger partial charge in [-0.3, -0.25) is 14.5 Å². The highest BCUT2D eigenvalue weighted by Crippen LogP contribution is 2.20. The van der Waals surface area contributed by atoms with Crippen LogP contribution in [0.1, 0.15) is 12.8 Å². The standard InChI is InChI=1S/C11H16N4O2S/c12-9(16)7-15-3-1-8(6-15)5-10(17)14-11-13-2-4-18-11/h2,4,8H,1,3,5-7H2,(H2,12,16)(H,13,14,17). The van der Waals surface area contributed by atoms with Crippen LogP contribution in [0.5, 0.6) is 0 Å². The number of carbonyl (C=O) groups excluding carboxylic acids is 2. The highest BCUT2D eigenvalue weighted by atomic mass is 32.1. The van der Waals surface area contributed by atoms with Gasteiger partial charge in [-0.1, -0.05) is 0 Å². The van der Waals surface area contributed by atoms with Gasteiger partial charge in [0, 0.05) is 24.5 Å². The number of amides is 2. The third-order valence-electron chi connectivity index (χ3n) is 2.90. The van der Waals surface area contributed by atoms with E-state index in [1.807, 2.05) is 10.3 Å². The molecule has 1 fully saturated rings. The van der Waals surface area contributed by atoms with Crippen LogP contribution >= 0.6 is 11.3 Å². The predicted molar refractivity (Wildman–Crippen MR) is 69.1 cm³/mol. The lowest BCUT2D eigenvalue weighted by molar-refractivity contribution is -0.118. The van der Waals surface area contributed by atoms with Gasteiger partial charge in [0.1, 0.15) is 0 Å². The van der Waals surface area contributed by atoms with Crippen LogP contribution in [0.3, 0.4) is 0 Å². The number of aromatic nitrogens is 1. The number of nitrogens with zero attached hydrogens (tertiary/aromatic N) is 2. The van der Waals surface area contributed by atoms with Crippen molar-refractivity contribution in [2.75, 3.05) is 25.0 Å². The van der Waals surface area contributed by atoms with Gasteiger partial charge >= 0.3 is 0 Å². The molecule has 1 atom stereocenters. The van der Waals surface area contributed by atoms with Crippen molar-refractivity contribution in [3.8, 4) is 0 Å². The minimum Gasteiger partial charge on any atom is -0.369 e. The number of thiazole rings is 1. The van der Waals surface area contributed by atoms with Gasteiger partial charge in [0.25, 0.3) is 0 Å². The Labute approximate surface area is 109 Å². The monoisotopic (exact) mass is 268 g/mol.